The third-order valence-electron chi connectivity index (χ3n) is 4.19. The zero-order valence-electron chi connectivity index (χ0n) is 18.4. The Labute approximate surface area is 194 Å². The Kier molecular flexibility index (Phi) is 7.59. The van der Waals surface area contributed by atoms with Crippen LogP contribution in [-0.4, -0.2) is 34.6 Å². The van der Waals surface area contributed by atoms with Crippen molar-refractivity contribution in [1.82, 2.24) is 10.3 Å². The van der Waals surface area contributed by atoms with E-state index in [-0.39, 0.29) is 11.7 Å². The zero-order valence-corrected chi connectivity index (χ0v) is 19.2. The average Bonchev–Trinajstić information content (AvgIpc) is 3.12. The number of anilines is 1. The molecule has 0 aliphatic carbocycles. The first-order valence-electron chi connectivity index (χ1n) is 10.1. The van der Waals surface area contributed by atoms with E-state index in [4.69, 9.17) is 9.47 Å². The highest BCUT2D eigenvalue weighted by Crippen LogP contribution is 2.26. The summed E-state index contributed by atoms with van der Waals surface area (Å²) in [5, 5.41) is 5.22. The molecule has 3 aromatic rings. The predicted molar refractivity (Wildman–Crippen MR) is 122 cm³/mol. The second-order valence-corrected chi connectivity index (χ2v) is 9.21. The minimum atomic E-state index is -1.28. The Morgan fingerprint density at radius 1 is 1.12 bits per heavy atom. The Balaban J connectivity index is 1.67. The van der Waals surface area contributed by atoms with E-state index in [0.717, 1.165) is 16.9 Å². The van der Waals surface area contributed by atoms with Crippen LogP contribution in [0.2, 0.25) is 0 Å². The van der Waals surface area contributed by atoms with Gasteiger partial charge >= 0.3 is 12.1 Å². The van der Waals surface area contributed by atoms with E-state index in [9.17, 15) is 18.8 Å². The number of amides is 2. The lowest BCUT2D eigenvalue weighted by Crippen LogP contribution is -2.46. The number of alkyl carbamates (subject to hydrolysis) is 1. The van der Waals surface area contributed by atoms with Crippen molar-refractivity contribution < 1.29 is 28.2 Å². The molecule has 0 fully saturated rings. The molecule has 0 unspecified atom stereocenters. The van der Waals surface area contributed by atoms with Crippen LogP contribution in [0.15, 0.2) is 48.5 Å². The molecule has 33 heavy (non-hydrogen) atoms. The van der Waals surface area contributed by atoms with Gasteiger partial charge in [-0.05, 0) is 44.5 Å². The number of halogens is 1. The van der Waals surface area contributed by atoms with Crippen LogP contribution >= 0.6 is 11.3 Å². The number of aromatic nitrogens is 1. The maximum absolute atomic E-state index is 13.4. The largest absolute Gasteiger partial charge is 0.459 e. The number of rotatable bonds is 7. The van der Waals surface area contributed by atoms with Gasteiger partial charge in [0.1, 0.15) is 24.1 Å². The molecule has 2 N–H and O–H groups in total. The summed E-state index contributed by atoms with van der Waals surface area (Å²) < 4.78 is 24.4. The number of hydrogen-bond acceptors (Lipinski definition) is 7. The van der Waals surface area contributed by atoms with Crippen LogP contribution in [0.25, 0.3) is 10.2 Å². The van der Waals surface area contributed by atoms with Crippen LogP contribution in [0.3, 0.4) is 0 Å². The molecule has 0 radical (unpaired) electrons. The monoisotopic (exact) mass is 473 g/mol. The fourth-order valence-corrected chi connectivity index (χ4v) is 3.69. The summed E-state index contributed by atoms with van der Waals surface area (Å²) in [5.41, 5.74) is 0.497. The summed E-state index contributed by atoms with van der Waals surface area (Å²) in [7, 11) is 0. The summed E-state index contributed by atoms with van der Waals surface area (Å²) in [6, 6.07) is 11.8. The van der Waals surface area contributed by atoms with Crippen molar-refractivity contribution in [3.63, 3.8) is 0 Å². The zero-order chi connectivity index (χ0) is 24.0. The highest BCUT2D eigenvalue weighted by atomic mass is 32.1. The van der Waals surface area contributed by atoms with Gasteiger partial charge in [0.25, 0.3) is 0 Å². The van der Waals surface area contributed by atoms with Crippen molar-refractivity contribution in [2.75, 3.05) is 5.32 Å². The third kappa shape index (κ3) is 7.53. The van der Waals surface area contributed by atoms with Gasteiger partial charge < -0.3 is 20.1 Å². The lowest BCUT2D eigenvalue weighted by atomic mass is 10.2. The molecule has 2 aromatic carbocycles. The van der Waals surface area contributed by atoms with Crippen molar-refractivity contribution >= 4 is 44.7 Å². The fourth-order valence-electron chi connectivity index (χ4n) is 2.78. The molecule has 3 rings (SSSR count). The number of carbonyl (C=O) groups is 3. The number of benzene rings is 2. The predicted octanol–water partition coefficient (Wildman–Crippen LogP) is 4.40. The highest BCUT2D eigenvalue weighted by Gasteiger charge is 2.28. The van der Waals surface area contributed by atoms with Gasteiger partial charge in [-0.3, -0.25) is 4.79 Å². The SMILES string of the molecule is CC(C)(C)OC(=O)N[C@@H](CC(=O)Nc1nc2ccc(F)cc2s1)C(=O)OCc1ccccc1. The van der Waals surface area contributed by atoms with E-state index in [1.54, 1.807) is 45.0 Å². The minimum absolute atomic E-state index is 0.0166. The van der Waals surface area contributed by atoms with E-state index in [0.29, 0.717) is 10.2 Å². The maximum atomic E-state index is 13.4. The molecule has 1 atom stereocenters. The molecule has 0 aliphatic rings. The molecule has 1 aromatic heterocycles. The molecular weight excluding hydrogens is 449 g/mol. The number of carbonyl (C=O) groups excluding carboxylic acids is 3. The first kappa shape index (κ1) is 24.1. The highest BCUT2D eigenvalue weighted by molar-refractivity contribution is 7.22. The molecular formula is C23H24FN3O5S. The topological polar surface area (TPSA) is 107 Å². The Morgan fingerprint density at radius 3 is 2.55 bits per heavy atom. The van der Waals surface area contributed by atoms with Crippen molar-refractivity contribution in [1.29, 1.82) is 0 Å². The number of ether oxygens (including phenoxy) is 2. The molecule has 0 bridgehead atoms. The molecule has 8 nitrogen and oxygen atoms in total. The first-order valence-corrected chi connectivity index (χ1v) is 11.0. The molecule has 0 spiro atoms. The second-order valence-electron chi connectivity index (χ2n) is 8.18. The lowest BCUT2D eigenvalue weighted by molar-refractivity contribution is -0.148. The van der Waals surface area contributed by atoms with Crippen molar-refractivity contribution in [2.24, 2.45) is 0 Å². The van der Waals surface area contributed by atoms with Gasteiger partial charge in [-0.1, -0.05) is 41.7 Å². The molecule has 1 heterocycles. The van der Waals surface area contributed by atoms with E-state index in [1.807, 2.05) is 6.07 Å². The maximum Gasteiger partial charge on any atom is 0.408 e. The first-order chi connectivity index (χ1) is 15.6. The number of fused-ring (bicyclic) bond motifs is 1. The van der Waals surface area contributed by atoms with Crippen LogP contribution < -0.4 is 10.6 Å². The van der Waals surface area contributed by atoms with E-state index < -0.39 is 41.9 Å². The van der Waals surface area contributed by atoms with Crippen LogP contribution in [0, 0.1) is 5.82 Å². The van der Waals surface area contributed by atoms with E-state index in [1.165, 1.54) is 18.2 Å². The van der Waals surface area contributed by atoms with Crippen LogP contribution in [0.4, 0.5) is 14.3 Å². The average molecular weight is 474 g/mol. The standard InChI is InChI=1S/C23H24FN3O5S/c1-23(2,3)32-22(30)26-17(20(29)31-13-14-7-5-4-6-8-14)12-19(28)27-21-25-16-10-9-15(24)11-18(16)33-21/h4-11,17H,12-13H2,1-3H3,(H,26,30)(H,25,27,28)/t17-/m0/s1. The molecule has 174 valence electrons. The number of nitrogens with one attached hydrogen (secondary N) is 2. The van der Waals surface area contributed by atoms with E-state index >= 15 is 0 Å². The van der Waals surface area contributed by atoms with Crippen LogP contribution in [0.1, 0.15) is 32.8 Å². The summed E-state index contributed by atoms with van der Waals surface area (Å²) in [4.78, 5) is 41.7. The van der Waals surface area contributed by atoms with Gasteiger partial charge in [0.05, 0.1) is 16.6 Å². The summed E-state index contributed by atoms with van der Waals surface area (Å²) in [6.07, 6.45) is -1.26. The van der Waals surface area contributed by atoms with E-state index in [2.05, 4.69) is 15.6 Å². The smallest absolute Gasteiger partial charge is 0.408 e. The molecule has 0 aliphatic heterocycles. The van der Waals surface area contributed by atoms with Gasteiger partial charge in [-0.15, -0.1) is 0 Å². The summed E-state index contributed by atoms with van der Waals surface area (Å²) >= 11 is 1.09. The molecule has 0 saturated carbocycles. The molecule has 0 saturated heterocycles. The quantitative estimate of drug-likeness (QED) is 0.493. The Bertz CT molecular complexity index is 1140. The van der Waals surface area contributed by atoms with Crippen molar-refractivity contribution in [3.8, 4) is 0 Å². The Hall–Kier alpha value is -3.53. The van der Waals surface area contributed by atoms with Crippen LogP contribution in [-0.2, 0) is 25.7 Å². The fraction of sp³-hybridized carbons (Fsp3) is 0.304. The number of thiazole rings is 1. The van der Waals surface area contributed by atoms with Gasteiger partial charge in [0.15, 0.2) is 5.13 Å². The van der Waals surface area contributed by atoms with Crippen molar-refractivity contribution in [3.05, 3.63) is 59.9 Å². The second kappa shape index (κ2) is 10.4. The minimum Gasteiger partial charge on any atom is -0.459 e. The van der Waals surface area contributed by atoms with Crippen LogP contribution in [0.5, 0.6) is 0 Å². The van der Waals surface area contributed by atoms with Gasteiger partial charge in [-0.25, -0.2) is 19.0 Å². The Morgan fingerprint density at radius 2 is 1.85 bits per heavy atom. The lowest BCUT2D eigenvalue weighted by Gasteiger charge is -2.22. The number of esters is 1. The van der Waals surface area contributed by atoms with Crippen molar-refractivity contribution in [2.45, 2.75) is 45.4 Å². The van der Waals surface area contributed by atoms with Gasteiger partial charge in [0.2, 0.25) is 5.91 Å². The normalized spacial score (nSPS) is 12.1. The molecule has 10 heteroatoms. The number of nitrogens with zero attached hydrogens (tertiary/aromatic N) is 1. The van der Waals surface area contributed by atoms with Gasteiger partial charge in [0, 0.05) is 0 Å². The molecule has 2 amide bonds. The van der Waals surface area contributed by atoms with Gasteiger partial charge in [-0.2, -0.15) is 0 Å². The number of hydrogen-bond donors (Lipinski definition) is 2. The summed E-state index contributed by atoms with van der Waals surface area (Å²) in [5.74, 6) is -1.77. The third-order valence-corrected chi connectivity index (χ3v) is 5.12. The summed E-state index contributed by atoms with van der Waals surface area (Å²) in [6.45, 7) is 5.02.